The maximum absolute atomic E-state index is 11.8. The van der Waals surface area contributed by atoms with Crippen LogP contribution in [0.5, 0.6) is 5.75 Å². The number of carbonyl (C=O) groups is 1. The molecule has 0 spiro atoms. The standard InChI is InChI=1S/C14H18N2O2.C5H10.Fe/c1-10(11-6-2-3-7-11)15-16-14(18)12-8-4-5-9-13(12)17;1-2-4-5-3-1;/h4-5,8-9,11,17H,2-3,6-7H2,1H3,(H,16,18);1-5H2;/b15-10+;;. The first-order valence-corrected chi connectivity index (χ1v) is 8.81. The van der Waals surface area contributed by atoms with Crippen LogP contribution >= 0.6 is 0 Å². The van der Waals surface area contributed by atoms with Crippen LogP contribution in [0.15, 0.2) is 29.4 Å². The molecule has 2 aliphatic rings. The summed E-state index contributed by atoms with van der Waals surface area (Å²) in [6.07, 6.45) is 12.3. The van der Waals surface area contributed by atoms with Crippen molar-refractivity contribution in [3.8, 4) is 5.75 Å². The molecule has 0 saturated heterocycles. The van der Waals surface area contributed by atoms with Gasteiger partial charge in [0.1, 0.15) is 5.75 Å². The van der Waals surface area contributed by atoms with Gasteiger partial charge in [0.15, 0.2) is 0 Å². The number of carbonyl (C=O) groups excluding carboxylic acids is 1. The van der Waals surface area contributed by atoms with Crippen molar-refractivity contribution >= 4 is 11.6 Å². The molecule has 0 heterocycles. The number of hydrogen-bond acceptors (Lipinski definition) is 3. The van der Waals surface area contributed by atoms with E-state index < -0.39 is 0 Å². The molecule has 2 fully saturated rings. The summed E-state index contributed by atoms with van der Waals surface area (Å²) in [5, 5.41) is 13.7. The van der Waals surface area contributed by atoms with Crippen LogP contribution in [0.4, 0.5) is 0 Å². The van der Waals surface area contributed by atoms with Gasteiger partial charge >= 0.3 is 0 Å². The molecule has 2 N–H and O–H groups in total. The van der Waals surface area contributed by atoms with Gasteiger partial charge in [-0.2, -0.15) is 5.10 Å². The minimum absolute atomic E-state index is 0. The molecule has 3 rings (SSSR count). The molecular weight excluding hydrogens is 344 g/mol. The van der Waals surface area contributed by atoms with E-state index in [4.69, 9.17) is 0 Å². The van der Waals surface area contributed by atoms with Gasteiger partial charge in [0.25, 0.3) is 5.91 Å². The first kappa shape index (κ1) is 20.7. The maximum Gasteiger partial charge on any atom is 0.275 e. The third-order valence-corrected chi connectivity index (χ3v) is 4.68. The molecule has 2 saturated carbocycles. The van der Waals surface area contributed by atoms with E-state index in [0.29, 0.717) is 5.92 Å². The van der Waals surface area contributed by atoms with Gasteiger partial charge in [-0.15, -0.1) is 0 Å². The molecule has 1 amide bonds. The molecule has 0 aliphatic heterocycles. The Morgan fingerprint density at radius 3 is 2.12 bits per heavy atom. The van der Waals surface area contributed by atoms with E-state index in [2.05, 4.69) is 10.5 Å². The van der Waals surface area contributed by atoms with Gasteiger partial charge in [-0.1, -0.05) is 57.1 Å². The van der Waals surface area contributed by atoms with Crippen molar-refractivity contribution in [2.24, 2.45) is 11.0 Å². The largest absolute Gasteiger partial charge is 0.507 e. The summed E-state index contributed by atoms with van der Waals surface area (Å²) in [5.74, 6) is 0.101. The number of phenols is 1. The molecule has 1 aromatic carbocycles. The Balaban J connectivity index is 0.000000412. The minimum Gasteiger partial charge on any atom is -0.507 e. The van der Waals surface area contributed by atoms with Gasteiger partial charge in [0.05, 0.1) is 5.56 Å². The Hall–Kier alpha value is -1.32. The Kier molecular flexibility index (Phi) is 9.73. The molecule has 0 aromatic heterocycles. The predicted molar refractivity (Wildman–Crippen MR) is 93.7 cm³/mol. The average Bonchev–Trinajstić information content (AvgIpc) is 3.28. The molecule has 1 aromatic rings. The van der Waals surface area contributed by atoms with Crippen LogP contribution in [0.1, 0.15) is 75.1 Å². The van der Waals surface area contributed by atoms with Crippen LogP contribution in [0.2, 0.25) is 0 Å². The second-order valence-electron chi connectivity index (χ2n) is 6.46. The normalized spacial score (nSPS) is 17.6. The summed E-state index contributed by atoms with van der Waals surface area (Å²) < 4.78 is 0. The fraction of sp³-hybridized carbons (Fsp3) is 0.579. The van der Waals surface area contributed by atoms with Crippen molar-refractivity contribution in [3.63, 3.8) is 0 Å². The third kappa shape index (κ3) is 6.66. The van der Waals surface area contributed by atoms with E-state index in [-0.39, 0.29) is 34.3 Å². The van der Waals surface area contributed by atoms with Crippen molar-refractivity contribution < 1.29 is 27.0 Å². The van der Waals surface area contributed by atoms with E-state index in [0.717, 1.165) is 18.6 Å². The van der Waals surface area contributed by atoms with Crippen molar-refractivity contribution in [1.82, 2.24) is 5.43 Å². The Morgan fingerprint density at radius 2 is 1.58 bits per heavy atom. The summed E-state index contributed by atoms with van der Waals surface area (Å²) in [6, 6.07) is 6.45. The van der Waals surface area contributed by atoms with Crippen molar-refractivity contribution in [1.29, 1.82) is 0 Å². The van der Waals surface area contributed by atoms with Crippen LogP contribution < -0.4 is 5.43 Å². The van der Waals surface area contributed by atoms with E-state index in [1.54, 1.807) is 18.2 Å². The van der Waals surface area contributed by atoms with Gasteiger partial charge in [0.2, 0.25) is 0 Å². The number of amides is 1. The fourth-order valence-corrected chi connectivity index (χ4v) is 3.18. The number of benzene rings is 1. The van der Waals surface area contributed by atoms with Gasteiger partial charge in [-0.05, 0) is 37.8 Å². The fourth-order valence-electron chi connectivity index (χ4n) is 3.18. The topological polar surface area (TPSA) is 61.7 Å². The van der Waals surface area contributed by atoms with E-state index >= 15 is 0 Å². The monoisotopic (exact) mass is 372 g/mol. The Labute approximate surface area is 155 Å². The number of para-hydroxylation sites is 1. The second kappa shape index (κ2) is 11.3. The van der Waals surface area contributed by atoms with E-state index in [1.165, 1.54) is 51.0 Å². The second-order valence-corrected chi connectivity index (χ2v) is 6.46. The minimum atomic E-state index is -0.370. The number of phenolic OH excluding ortho intramolecular Hbond substituents is 1. The number of hydrogen-bond donors (Lipinski definition) is 2. The quantitative estimate of drug-likeness (QED) is 0.461. The van der Waals surface area contributed by atoms with Gasteiger partial charge in [-0.25, -0.2) is 5.43 Å². The zero-order chi connectivity index (χ0) is 16.5. The van der Waals surface area contributed by atoms with Gasteiger partial charge < -0.3 is 5.11 Å². The third-order valence-electron chi connectivity index (χ3n) is 4.68. The molecule has 24 heavy (non-hydrogen) atoms. The van der Waals surface area contributed by atoms with E-state index in [1.807, 2.05) is 6.92 Å². The molecule has 0 unspecified atom stereocenters. The summed E-state index contributed by atoms with van der Waals surface area (Å²) >= 11 is 0. The molecule has 4 nitrogen and oxygen atoms in total. The van der Waals surface area contributed by atoms with Crippen LogP contribution in [0.3, 0.4) is 0 Å². The molecule has 0 radical (unpaired) electrons. The van der Waals surface area contributed by atoms with Crippen LogP contribution in [-0.2, 0) is 17.1 Å². The molecule has 2 aliphatic carbocycles. The van der Waals surface area contributed by atoms with Crippen LogP contribution in [-0.4, -0.2) is 16.7 Å². The first-order valence-electron chi connectivity index (χ1n) is 8.81. The zero-order valence-corrected chi connectivity index (χ0v) is 15.5. The van der Waals surface area contributed by atoms with Gasteiger partial charge in [0, 0.05) is 22.8 Å². The zero-order valence-electron chi connectivity index (χ0n) is 14.4. The van der Waals surface area contributed by atoms with E-state index in [9.17, 15) is 9.90 Å². The molecule has 0 atom stereocenters. The smallest absolute Gasteiger partial charge is 0.275 e. The number of rotatable bonds is 3. The van der Waals surface area contributed by atoms with Crippen molar-refractivity contribution in [2.45, 2.75) is 64.7 Å². The summed E-state index contributed by atoms with van der Waals surface area (Å²) in [7, 11) is 0. The average molecular weight is 372 g/mol. The first-order chi connectivity index (χ1) is 11.2. The molecule has 0 bridgehead atoms. The predicted octanol–water partition coefficient (Wildman–Crippen LogP) is 4.64. The van der Waals surface area contributed by atoms with Crippen molar-refractivity contribution in [3.05, 3.63) is 29.8 Å². The Bertz CT molecular complexity index is 528. The molecule has 5 heteroatoms. The maximum atomic E-state index is 11.8. The van der Waals surface area contributed by atoms with Crippen molar-refractivity contribution in [2.75, 3.05) is 0 Å². The SMILES string of the molecule is C/C(=N\NC(=O)c1ccccc1O)C1CCCC1.C1CCCC1.[Fe]. The summed E-state index contributed by atoms with van der Waals surface area (Å²) in [4.78, 5) is 11.8. The number of nitrogens with one attached hydrogen (secondary N) is 1. The number of nitrogens with zero attached hydrogens (tertiary/aromatic N) is 1. The number of hydrazone groups is 1. The molecule has 134 valence electrons. The van der Waals surface area contributed by atoms with Crippen LogP contribution in [0.25, 0.3) is 0 Å². The Morgan fingerprint density at radius 1 is 1.04 bits per heavy atom. The summed E-state index contributed by atoms with van der Waals surface area (Å²) in [5.41, 5.74) is 3.72. The molecular formula is C19H28FeN2O2. The number of aromatic hydroxyl groups is 1. The summed E-state index contributed by atoms with van der Waals surface area (Å²) in [6.45, 7) is 1.95. The van der Waals surface area contributed by atoms with Crippen LogP contribution in [0, 0.1) is 5.92 Å². The van der Waals surface area contributed by atoms with Gasteiger partial charge in [-0.3, -0.25) is 4.79 Å².